The normalized spacial score (nSPS) is 17.8. The summed E-state index contributed by atoms with van der Waals surface area (Å²) in [6.45, 7) is 5.57. The van der Waals surface area contributed by atoms with Gasteiger partial charge in [-0.1, -0.05) is 19.9 Å². The highest BCUT2D eigenvalue weighted by atomic mass is 127. The Hall–Kier alpha value is -1.17. The largest absolute Gasteiger partial charge is 0.365 e. The molecule has 2 rings (SSSR count). The molecule has 6 nitrogen and oxygen atoms in total. The number of hydrogen-bond acceptors (Lipinski definition) is 4. The number of hydrogen-bond donors (Lipinski definition) is 2. The Morgan fingerprint density at radius 2 is 1.93 bits per heavy atom. The highest BCUT2D eigenvalue weighted by molar-refractivity contribution is 14.0. The predicted octanol–water partition coefficient (Wildman–Crippen LogP) is 2.79. The maximum atomic E-state index is 14.0. The Morgan fingerprint density at radius 1 is 1.31 bits per heavy atom. The maximum absolute atomic E-state index is 14.0. The van der Waals surface area contributed by atoms with Crippen molar-refractivity contribution in [2.45, 2.75) is 32.7 Å². The molecule has 10 heteroatoms. The van der Waals surface area contributed by atoms with Crippen LogP contribution in [0.25, 0.3) is 0 Å². The van der Waals surface area contributed by atoms with E-state index in [0.29, 0.717) is 32.0 Å². The molecule has 1 heterocycles. The minimum absolute atomic E-state index is 0. The molecule has 0 radical (unpaired) electrons. The van der Waals surface area contributed by atoms with E-state index in [0.717, 1.165) is 6.42 Å². The molecule has 1 aromatic carbocycles. The first-order valence-corrected chi connectivity index (χ1v) is 11.4. The summed E-state index contributed by atoms with van der Waals surface area (Å²) < 4.78 is 50.7. The molecule has 0 bridgehead atoms. The number of nitrogens with one attached hydrogen (secondary N) is 2. The van der Waals surface area contributed by atoms with Crippen molar-refractivity contribution in [1.29, 1.82) is 0 Å². The Balaban J connectivity index is 0.00000420. The molecule has 166 valence electrons. The number of para-hydroxylation sites is 1. The second-order valence-electron chi connectivity index (χ2n) is 8.12. The van der Waals surface area contributed by atoms with Crippen LogP contribution in [0, 0.1) is 17.0 Å². The molecule has 2 N–H and O–H groups in total. The molecule has 1 unspecified atom stereocenters. The van der Waals surface area contributed by atoms with Gasteiger partial charge < -0.3 is 15.5 Å². The van der Waals surface area contributed by atoms with Crippen molar-refractivity contribution in [1.82, 2.24) is 10.6 Å². The van der Waals surface area contributed by atoms with E-state index in [1.54, 1.807) is 11.9 Å². The molecule has 0 aromatic heterocycles. The van der Waals surface area contributed by atoms with Crippen molar-refractivity contribution in [3.05, 3.63) is 29.8 Å². The van der Waals surface area contributed by atoms with Gasteiger partial charge in [0.05, 0.1) is 5.75 Å². The van der Waals surface area contributed by atoms with Crippen LogP contribution in [0.4, 0.5) is 14.5 Å². The fraction of sp³-hybridized carbons (Fsp3) is 0.632. The minimum atomic E-state index is -3.00. The zero-order valence-electron chi connectivity index (χ0n) is 17.3. The van der Waals surface area contributed by atoms with Gasteiger partial charge in [-0.05, 0) is 30.4 Å². The minimum Gasteiger partial charge on any atom is -0.365 e. The molecule has 1 aromatic rings. The van der Waals surface area contributed by atoms with E-state index in [2.05, 4.69) is 15.6 Å². The second-order valence-corrected chi connectivity index (χ2v) is 10.4. The first-order valence-electron chi connectivity index (χ1n) is 9.34. The van der Waals surface area contributed by atoms with Crippen molar-refractivity contribution in [2.75, 3.05) is 43.6 Å². The van der Waals surface area contributed by atoms with Crippen molar-refractivity contribution in [3.63, 3.8) is 0 Å². The Bertz CT molecular complexity index is 798. The van der Waals surface area contributed by atoms with Crippen molar-refractivity contribution in [3.8, 4) is 0 Å². The van der Waals surface area contributed by atoms with Crippen LogP contribution in [-0.4, -0.2) is 59.1 Å². The molecule has 1 saturated heterocycles. The van der Waals surface area contributed by atoms with E-state index in [1.807, 2.05) is 13.8 Å². The van der Waals surface area contributed by atoms with E-state index in [-0.39, 0.29) is 46.9 Å². The van der Waals surface area contributed by atoms with Gasteiger partial charge in [-0.2, -0.15) is 0 Å². The van der Waals surface area contributed by atoms with E-state index >= 15 is 0 Å². The summed E-state index contributed by atoms with van der Waals surface area (Å²) in [6.07, 6.45) is 2.51. The summed E-state index contributed by atoms with van der Waals surface area (Å²) in [6, 6.07) is 3.89. The summed E-state index contributed by atoms with van der Waals surface area (Å²) in [4.78, 5) is 5.91. The van der Waals surface area contributed by atoms with Crippen LogP contribution in [0.1, 0.15) is 26.7 Å². The Labute approximate surface area is 189 Å². The molecule has 0 spiro atoms. The van der Waals surface area contributed by atoms with E-state index < -0.39 is 21.5 Å². The quantitative estimate of drug-likeness (QED) is 0.314. The van der Waals surface area contributed by atoms with Crippen molar-refractivity contribution >= 4 is 45.5 Å². The van der Waals surface area contributed by atoms with Gasteiger partial charge in [0.15, 0.2) is 5.96 Å². The zero-order valence-corrected chi connectivity index (χ0v) is 20.5. The summed E-state index contributed by atoms with van der Waals surface area (Å²) in [7, 11) is -1.35. The van der Waals surface area contributed by atoms with E-state index in [4.69, 9.17) is 0 Å². The van der Waals surface area contributed by atoms with Crippen LogP contribution >= 0.6 is 24.0 Å². The number of rotatable bonds is 7. The van der Waals surface area contributed by atoms with Crippen LogP contribution in [0.3, 0.4) is 0 Å². The lowest BCUT2D eigenvalue weighted by Crippen LogP contribution is -2.47. The first-order chi connectivity index (χ1) is 13.0. The van der Waals surface area contributed by atoms with Gasteiger partial charge in [-0.3, -0.25) is 4.99 Å². The van der Waals surface area contributed by atoms with Crippen molar-refractivity contribution in [2.24, 2.45) is 10.4 Å². The standard InChI is InChI=1S/C19H30F2N4O2S.HI/c1-19(2,9-11-28(4,26)27)13-23-18(22-3)24-14-8-10-25(12-14)17-15(20)6-5-7-16(17)21;/h5-7,14H,8-13H2,1-4H3,(H2,22,23,24);1H. The molecular weight excluding hydrogens is 513 g/mol. The summed E-state index contributed by atoms with van der Waals surface area (Å²) in [5.41, 5.74) is -0.213. The van der Waals surface area contributed by atoms with E-state index in [9.17, 15) is 17.2 Å². The maximum Gasteiger partial charge on any atom is 0.191 e. The average molecular weight is 544 g/mol. The van der Waals surface area contributed by atoms with Gasteiger partial charge in [-0.25, -0.2) is 17.2 Å². The topological polar surface area (TPSA) is 73.8 Å². The summed E-state index contributed by atoms with van der Waals surface area (Å²) in [5.74, 6) is -0.390. The number of benzene rings is 1. The van der Waals surface area contributed by atoms with Crippen molar-refractivity contribution < 1.29 is 17.2 Å². The van der Waals surface area contributed by atoms with E-state index in [1.165, 1.54) is 24.5 Å². The molecular formula is C19H31F2IN4O2S. The monoisotopic (exact) mass is 544 g/mol. The molecule has 29 heavy (non-hydrogen) atoms. The smallest absolute Gasteiger partial charge is 0.191 e. The third kappa shape index (κ3) is 8.23. The summed E-state index contributed by atoms with van der Waals surface area (Å²) >= 11 is 0. The SMILES string of the molecule is CN=C(NCC(C)(C)CCS(C)(=O)=O)NC1CCN(c2c(F)cccc2F)C1.I. The van der Waals surface area contributed by atoms with Gasteiger partial charge in [0.2, 0.25) is 0 Å². The molecule has 0 saturated carbocycles. The van der Waals surface area contributed by atoms with Crippen LogP contribution in [0.2, 0.25) is 0 Å². The number of aliphatic imine (C=N–C) groups is 1. The average Bonchev–Trinajstić information content (AvgIpc) is 3.04. The Morgan fingerprint density at radius 3 is 2.48 bits per heavy atom. The highest BCUT2D eigenvalue weighted by Crippen LogP contribution is 2.26. The summed E-state index contributed by atoms with van der Waals surface area (Å²) in [5, 5.41) is 6.51. The fourth-order valence-electron chi connectivity index (χ4n) is 3.13. The predicted molar refractivity (Wildman–Crippen MR) is 125 cm³/mol. The van der Waals surface area contributed by atoms with Gasteiger partial charge >= 0.3 is 0 Å². The molecule has 1 aliphatic heterocycles. The Kier molecular flexibility index (Phi) is 9.58. The third-order valence-corrected chi connectivity index (χ3v) is 5.84. The van der Waals surface area contributed by atoms with Gasteiger partial charge in [-0.15, -0.1) is 24.0 Å². The molecule has 1 fully saturated rings. The number of anilines is 1. The lowest BCUT2D eigenvalue weighted by molar-refractivity contribution is 0.348. The zero-order chi connectivity index (χ0) is 20.9. The number of sulfone groups is 1. The highest BCUT2D eigenvalue weighted by Gasteiger charge is 2.28. The number of nitrogens with zero attached hydrogens (tertiary/aromatic N) is 2. The first kappa shape index (κ1) is 25.9. The van der Waals surface area contributed by atoms with Gasteiger partial charge in [0, 0.05) is 39.0 Å². The van der Waals surface area contributed by atoms with Gasteiger partial charge in [0.25, 0.3) is 0 Å². The number of halogens is 3. The fourth-order valence-corrected chi connectivity index (χ4v) is 4.06. The van der Waals surface area contributed by atoms with Crippen LogP contribution in [-0.2, 0) is 9.84 Å². The lowest BCUT2D eigenvalue weighted by atomic mass is 9.90. The molecule has 1 atom stereocenters. The number of guanidine groups is 1. The third-order valence-electron chi connectivity index (χ3n) is 4.89. The molecule has 0 aliphatic carbocycles. The molecule has 1 aliphatic rings. The van der Waals surface area contributed by atoms with Crippen LogP contribution in [0.15, 0.2) is 23.2 Å². The van der Waals surface area contributed by atoms with Gasteiger partial charge in [0.1, 0.15) is 27.2 Å². The lowest BCUT2D eigenvalue weighted by Gasteiger charge is -2.27. The van der Waals surface area contributed by atoms with Crippen LogP contribution < -0.4 is 15.5 Å². The molecule has 0 amide bonds. The van der Waals surface area contributed by atoms with Crippen LogP contribution in [0.5, 0.6) is 0 Å². The second kappa shape index (κ2) is 10.7.